The first-order chi connectivity index (χ1) is 7.90. The van der Waals surface area contributed by atoms with Gasteiger partial charge in [-0.15, -0.1) is 0 Å². The van der Waals surface area contributed by atoms with Crippen molar-refractivity contribution in [3.05, 3.63) is 4.62 Å². The molecular formula is C11H30ClLiO2SSi4. The Bertz CT molecular complexity index is 421. The van der Waals surface area contributed by atoms with Gasteiger partial charge in [-0.25, -0.2) is 13.0 Å². The topological polar surface area (TPSA) is 34.1 Å². The van der Waals surface area contributed by atoms with Gasteiger partial charge in [0.05, 0.1) is 15.5 Å². The molecule has 0 aromatic heterocycles. The van der Waals surface area contributed by atoms with E-state index in [0.29, 0.717) is 0 Å². The van der Waals surface area contributed by atoms with Gasteiger partial charge >= 0.3 is 18.9 Å². The first kappa shape index (κ1) is 24.0. The summed E-state index contributed by atoms with van der Waals surface area (Å²) in [5.41, 5.74) is 0. The third-order valence-electron chi connectivity index (χ3n) is 3.64. The maximum absolute atomic E-state index is 12.9. The second-order valence-corrected chi connectivity index (χ2v) is 48.7. The van der Waals surface area contributed by atoms with Crippen LogP contribution in [0.2, 0.25) is 58.9 Å². The number of hydrogen-bond donors (Lipinski definition) is 0. The second kappa shape index (κ2) is 6.67. The fourth-order valence-electron chi connectivity index (χ4n) is 3.59. The van der Waals surface area contributed by atoms with Crippen molar-refractivity contribution < 1.29 is 27.3 Å². The van der Waals surface area contributed by atoms with E-state index in [0.717, 1.165) is 4.62 Å². The van der Waals surface area contributed by atoms with Crippen molar-refractivity contribution in [2.75, 3.05) is 6.26 Å². The zero-order valence-corrected chi connectivity index (χ0v) is 20.7. The molecule has 2 nitrogen and oxygen atoms in total. The van der Waals surface area contributed by atoms with Gasteiger partial charge in [0.1, 0.15) is 0 Å². The Balaban J connectivity index is 0. The summed E-state index contributed by atoms with van der Waals surface area (Å²) in [6.45, 7) is 19.8. The van der Waals surface area contributed by atoms with Gasteiger partial charge in [-0.2, -0.15) is 0 Å². The second-order valence-electron chi connectivity index (χ2n) is 8.52. The molecule has 0 amide bonds. The van der Waals surface area contributed by atoms with Gasteiger partial charge in [-0.1, -0.05) is 67.0 Å². The Morgan fingerprint density at radius 1 is 0.800 bits per heavy atom. The molecule has 0 aliphatic rings. The Kier molecular flexibility index (Phi) is 8.00. The maximum atomic E-state index is 12.9. The molecular weight excluding hydrogens is 351 g/mol. The van der Waals surface area contributed by atoms with Gasteiger partial charge in [0.15, 0.2) is 0 Å². The molecule has 0 heterocycles. The first-order valence-corrected chi connectivity index (χ1v) is 24.1. The normalized spacial score (nSPS) is 15.2. The predicted octanol–water partition coefficient (Wildman–Crippen LogP) is 1.00. The van der Waals surface area contributed by atoms with E-state index in [-0.39, 0.29) is 18.9 Å². The number of rotatable bonds is 5. The molecule has 0 aromatic rings. The van der Waals surface area contributed by atoms with Crippen molar-refractivity contribution in [1.29, 1.82) is 0 Å². The van der Waals surface area contributed by atoms with Gasteiger partial charge in [0.2, 0.25) is 0 Å². The molecule has 0 bridgehead atoms. The molecule has 0 aromatic carbocycles. The molecule has 9 heteroatoms. The molecule has 0 atom stereocenters. The summed E-state index contributed by atoms with van der Waals surface area (Å²) in [6, 6.07) is 0. The van der Waals surface area contributed by atoms with E-state index < -0.39 is 38.8 Å². The van der Waals surface area contributed by atoms with Crippen LogP contribution in [-0.4, -0.2) is 44.2 Å². The number of halogens is 1. The van der Waals surface area contributed by atoms with E-state index in [2.05, 4.69) is 58.9 Å². The quantitative estimate of drug-likeness (QED) is 0.526. The Labute approximate surface area is 146 Å². The molecule has 20 heavy (non-hydrogen) atoms. The molecule has 0 aliphatic heterocycles. The minimum atomic E-state index is -3.10. The average Bonchev–Trinajstić information content (AvgIpc) is 1.92. The molecule has 0 saturated carbocycles. The molecule has 0 fully saturated rings. The van der Waals surface area contributed by atoms with E-state index in [1.165, 1.54) is 6.26 Å². The summed E-state index contributed by atoms with van der Waals surface area (Å²) in [6.07, 6.45) is -1.19. The van der Waals surface area contributed by atoms with E-state index in [9.17, 15) is 8.42 Å². The Morgan fingerprint density at radius 3 is 1.10 bits per heavy atom. The summed E-state index contributed by atoms with van der Waals surface area (Å²) in [5, 5.41) is 0. The van der Waals surface area contributed by atoms with Crippen LogP contribution in [0.25, 0.3) is 0 Å². The minimum Gasteiger partial charge on any atom is -0.349 e. The molecule has 0 radical (unpaired) electrons. The van der Waals surface area contributed by atoms with Crippen molar-refractivity contribution in [1.82, 2.24) is 0 Å². The van der Waals surface area contributed by atoms with Crippen molar-refractivity contribution in [3.63, 3.8) is 0 Å². The van der Waals surface area contributed by atoms with Gasteiger partial charge < -0.3 is 11.6 Å². The van der Waals surface area contributed by atoms with Crippen LogP contribution in [0.1, 0.15) is 0 Å². The maximum Gasteiger partial charge on any atom is 1.00 e. The zero-order valence-electron chi connectivity index (χ0n) is 15.1. The molecule has 0 aliphatic carbocycles. The van der Waals surface area contributed by atoms with Crippen molar-refractivity contribution in [3.8, 4) is 0 Å². The Hall–Kier alpha value is 1.70. The summed E-state index contributed by atoms with van der Waals surface area (Å²) in [7, 11) is -8.69. The summed E-state index contributed by atoms with van der Waals surface area (Å²) in [4.78, 5) is 0. The van der Waals surface area contributed by atoms with Crippen LogP contribution >= 0.6 is 11.6 Å². The third-order valence-corrected chi connectivity index (χ3v) is 69.5. The standard InChI is InChI=1S/C11H30ClO2SSi4.Li/c1-15(13,14)19(17(5,6)7,18(8,9)10)11(12)16(2,3)4;/h1-10H3;/q-1;+1. The van der Waals surface area contributed by atoms with Gasteiger partial charge in [0.25, 0.3) is 0 Å². The van der Waals surface area contributed by atoms with Gasteiger partial charge in [-0.3, -0.25) is 0 Å². The van der Waals surface area contributed by atoms with Crippen LogP contribution in [0.15, 0.2) is 0 Å². The van der Waals surface area contributed by atoms with E-state index in [1.807, 2.05) is 0 Å². The summed E-state index contributed by atoms with van der Waals surface area (Å²) >= 11 is 6.86. The van der Waals surface area contributed by atoms with Crippen molar-refractivity contribution in [2.45, 2.75) is 58.9 Å². The number of hydrogen-bond acceptors (Lipinski definition) is 2. The fourth-order valence-corrected chi connectivity index (χ4v) is 96.8. The predicted molar refractivity (Wildman–Crippen MR) is 99.7 cm³/mol. The van der Waals surface area contributed by atoms with Crippen LogP contribution in [0.4, 0.5) is 0 Å². The van der Waals surface area contributed by atoms with Gasteiger partial charge in [0, 0.05) is 21.4 Å². The van der Waals surface area contributed by atoms with E-state index >= 15 is 0 Å². The molecule has 0 N–H and O–H groups in total. The van der Waals surface area contributed by atoms with Crippen LogP contribution in [-0.2, 0) is 9.29 Å². The van der Waals surface area contributed by atoms with E-state index in [1.54, 1.807) is 0 Å². The largest absolute Gasteiger partial charge is 1.00 e. The van der Waals surface area contributed by atoms with Crippen LogP contribution in [0.5, 0.6) is 0 Å². The summed E-state index contributed by atoms with van der Waals surface area (Å²) < 4.78 is 26.7. The molecule has 0 unspecified atom stereocenters. The Morgan fingerprint density at radius 2 is 1.05 bits per heavy atom. The smallest absolute Gasteiger partial charge is 0.349 e. The van der Waals surface area contributed by atoms with Crippen LogP contribution in [0.3, 0.4) is 0 Å². The SMILES string of the molecule is C[Si](C)(C)[C-](Cl)[Si]([Si](C)(C)C)([Si](C)(C)C)S(C)(=O)=O.[Li+]. The molecule has 116 valence electrons. The zero-order chi connectivity index (χ0) is 16.1. The third kappa shape index (κ3) is 4.16. The van der Waals surface area contributed by atoms with E-state index in [4.69, 9.17) is 11.6 Å². The minimum absolute atomic E-state index is 0. The van der Waals surface area contributed by atoms with Crippen LogP contribution < -0.4 is 18.9 Å². The fraction of sp³-hybridized carbons (Fsp3) is 0.909. The van der Waals surface area contributed by atoms with Crippen molar-refractivity contribution >= 4 is 50.4 Å². The molecule has 0 rings (SSSR count). The molecule has 0 spiro atoms. The molecule has 0 saturated heterocycles. The van der Waals surface area contributed by atoms with Crippen LogP contribution in [0, 0.1) is 4.62 Å². The van der Waals surface area contributed by atoms with Gasteiger partial charge in [-0.05, 0) is 0 Å². The average molecular weight is 381 g/mol. The monoisotopic (exact) mass is 380 g/mol. The summed E-state index contributed by atoms with van der Waals surface area (Å²) in [5.74, 6) is 0. The first-order valence-electron chi connectivity index (χ1n) is 6.63. The van der Waals surface area contributed by atoms with Crippen molar-refractivity contribution in [2.24, 2.45) is 0 Å².